The van der Waals surface area contributed by atoms with Crippen molar-refractivity contribution < 1.29 is 0 Å². The number of piperidine rings is 1. The van der Waals surface area contributed by atoms with E-state index in [1.54, 1.807) is 0 Å². The molecule has 0 radical (unpaired) electrons. The maximum absolute atomic E-state index is 4.49. The Balaban J connectivity index is 2.16. The Labute approximate surface area is 97.1 Å². The van der Waals surface area contributed by atoms with E-state index >= 15 is 0 Å². The van der Waals surface area contributed by atoms with Gasteiger partial charge in [-0.3, -0.25) is 0 Å². The summed E-state index contributed by atoms with van der Waals surface area (Å²) in [5.74, 6) is 2.57. The van der Waals surface area contributed by atoms with Crippen LogP contribution < -0.4 is 10.2 Å². The van der Waals surface area contributed by atoms with Crippen molar-refractivity contribution in [2.45, 2.75) is 32.7 Å². The summed E-state index contributed by atoms with van der Waals surface area (Å²) in [4.78, 5) is 11.0. The first-order valence-corrected chi connectivity index (χ1v) is 5.98. The number of aromatic nitrogens is 2. The fourth-order valence-electron chi connectivity index (χ4n) is 2.38. The molecule has 1 N–H and O–H groups in total. The van der Waals surface area contributed by atoms with Gasteiger partial charge in [-0.1, -0.05) is 6.92 Å². The predicted molar refractivity (Wildman–Crippen MR) is 66.8 cm³/mol. The molecule has 1 saturated heterocycles. The molecule has 4 heteroatoms. The second kappa shape index (κ2) is 4.68. The molecule has 1 aliphatic heterocycles. The standard InChI is InChI=1S/C12H20N4/c1-9-5-7-16(10(2)8-9)11-4-6-14-12(13-3)15-11/h4,6,9-10H,5,7-8H2,1-3H3,(H,13,14,15). The highest BCUT2D eigenvalue weighted by Gasteiger charge is 2.23. The maximum atomic E-state index is 4.49. The van der Waals surface area contributed by atoms with Gasteiger partial charge in [-0.15, -0.1) is 0 Å². The van der Waals surface area contributed by atoms with Crippen LogP contribution in [0.1, 0.15) is 26.7 Å². The molecule has 0 aromatic carbocycles. The van der Waals surface area contributed by atoms with E-state index in [2.05, 4.69) is 34.0 Å². The minimum absolute atomic E-state index is 0.573. The Morgan fingerprint density at radius 2 is 2.25 bits per heavy atom. The lowest BCUT2D eigenvalue weighted by Crippen LogP contribution is -2.40. The first-order chi connectivity index (χ1) is 7.70. The van der Waals surface area contributed by atoms with Gasteiger partial charge in [0.05, 0.1) is 0 Å². The Morgan fingerprint density at radius 1 is 1.44 bits per heavy atom. The molecular weight excluding hydrogens is 200 g/mol. The highest BCUT2D eigenvalue weighted by molar-refractivity contribution is 5.43. The van der Waals surface area contributed by atoms with Crippen LogP contribution >= 0.6 is 0 Å². The zero-order chi connectivity index (χ0) is 11.5. The van der Waals surface area contributed by atoms with Crippen molar-refractivity contribution in [3.05, 3.63) is 12.3 Å². The van der Waals surface area contributed by atoms with E-state index in [0.717, 1.165) is 18.3 Å². The summed E-state index contributed by atoms with van der Waals surface area (Å²) >= 11 is 0. The van der Waals surface area contributed by atoms with E-state index in [1.807, 2.05) is 19.3 Å². The van der Waals surface area contributed by atoms with E-state index < -0.39 is 0 Å². The lowest BCUT2D eigenvalue weighted by atomic mass is 9.93. The van der Waals surface area contributed by atoms with Crippen molar-refractivity contribution >= 4 is 11.8 Å². The highest BCUT2D eigenvalue weighted by atomic mass is 15.2. The summed E-state index contributed by atoms with van der Waals surface area (Å²) in [6, 6.07) is 2.57. The van der Waals surface area contributed by atoms with Gasteiger partial charge in [0.15, 0.2) is 0 Å². The fraction of sp³-hybridized carbons (Fsp3) is 0.667. The number of rotatable bonds is 2. The third-order valence-electron chi connectivity index (χ3n) is 3.30. The predicted octanol–water partition coefficient (Wildman–Crippen LogP) is 2.14. The quantitative estimate of drug-likeness (QED) is 0.829. The van der Waals surface area contributed by atoms with Gasteiger partial charge in [0, 0.05) is 25.8 Å². The lowest BCUT2D eigenvalue weighted by molar-refractivity contribution is 0.376. The van der Waals surface area contributed by atoms with E-state index in [4.69, 9.17) is 0 Å². The topological polar surface area (TPSA) is 41.1 Å². The van der Waals surface area contributed by atoms with E-state index in [0.29, 0.717) is 12.0 Å². The van der Waals surface area contributed by atoms with Crippen LogP contribution in [0.15, 0.2) is 12.3 Å². The fourth-order valence-corrected chi connectivity index (χ4v) is 2.38. The van der Waals surface area contributed by atoms with Crippen LogP contribution in [-0.4, -0.2) is 29.6 Å². The molecule has 2 unspecified atom stereocenters. The van der Waals surface area contributed by atoms with Crippen LogP contribution in [0.25, 0.3) is 0 Å². The molecule has 2 heterocycles. The zero-order valence-corrected chi connectivity index (χ0v) is 10.3. The molecule has 1 aromatic rings. The Hall–Kier alpha value is -1.32. The minimum atomic E-state index is 0.573. The molecule has 16 heavy (non-hydrogen) atoms. The van der Waals surface area contributed by atoms with Crippen molar-refractivity contribution in [3.63, 3.8) is 0 Å². The smallest absolute Gasteiger partial charge is 0.224 e. The summed E-state index contributed by atoms with van der Waals surface area (Å²) in [7, 11) is 1.85. The third kappa shape index (κ3) is 2.26. The van der Waals surface area contributed by atoms with Crippen molar-refractivity contribution in [2.75, 3.05) is 23.8 Å². The van der Waals surface area contributed by atoms with Crippen LogP contribution in [0.3, 0.4) is 0 Å². The van der Waals surface area contributed by atoms with Gasteiger partial charge in [0.25, 0.3) is 0 Å². The number of nitrogens with one attached hydrogen (secondary N) is 1. The summed E-state index contributed by atoms with van der Waals surface area (Å²) in [5, 5.41) is 2.98. The lowest BCUT2D eigenvalue weighted by Gasteiger charge is -2.37. The average Bonchev–Trinajstić information content (AvgIpc) is 2.29. The van der Waals surface area contributed by atoms with E-state index in [9.17, 15) is 0 Å². The second-order valence-electron chi connectivity index (χ2n) is 4.66. The Morgan fingerprint density at radius 3 is 2.94 bits per heavy atom. The van der Waals surface area contributed by atoms with Gasteiger partial charge in [-0.2, -0.15) is 4.98 Å². The number of nitrogens with zero attached hydrogens (tertiary/aromatic N) is 3. The van der Waals surface area contributed by atoms with Crippen molar-refractivity contribution in [2.24, 2.45) is 5.92 Å². The van der Waals surface area contributed by atoms with Gasteiger partial charge in [0.2, 0.25) is 5.95 Å². The highest BCUT2D eigenvalue weighted by Crippen LogP contribution is 2.26. The van der Waals surface area contributed by atoms with E-state index in [1.165, 1.54) is 12.8 Å². The molecule has 1 aromatic heterocycles. The molecule has 1 aliphatic rings. The number of anilines is 2. The number of hydrogen-bond acceptors (Lipinski definition) is 4. The second-order valence-corrected chi connectivity index (χ2v) is 4.66. The van der Waals surface area contributed by atoms with Crippen molar-refractivity contribution in [1.29, 1.82) is 0 Å². The third-order valence-corrected chi connectivity index (χ3v) is 3.30. The van der Waals surface area contributed by atoms with Gasteiger partial charge >= 0.3 is 0 Å². The van der Waals surface area contributed by atoms with Gasteiger partial charge in [-0.05, 0) is 31.7 Å². The molecule has 0 aliphatic carbocycles. The van der Waals surface area contributed by atoms with Crippen molar-refractivity contribution in [1.82, 2.24) is 9.97 Å². The average molecular weight is 220 g/mol. The molecule has 1 fully saturated rings. The van der Waals surface area contributed by atoms with E-state index in [-0.39, 0.29) is 0 Å². The summed E-state index contributed by atoms with van der Waals surface area (Å²) in [6.07, 6.45) is 4.32. The van der Waals surface area contributed by atoms with Crippen LogP contribution in [0.4, 0.5) is 11.8 Å². The minimum Gasteiger partial charge on any atom is -0.357 e. The first-order valence-electron chi connectivity index (χ1n) is 5.98. The van der Waals surface area contributed by atoms with Crippen LogP contribution in [0.5, 0.6) is 0 Å². The summed E-state index contributed by atoms with van der Waals surface area (Å²) < 4.78 is 0. The molecule has 4 nitrogen and oxygen atoms in total. The van der Waals surface area contributed by atoms with Crippen molar-refractivity contribution in [3.8, 4) is 0 Å². The first kappa shape index (κ1) is 11.2. The molecule has 0 bridgehead atoms. The SMILES string of the molecule is CNc1nccc(N2CCC(C)CC2C)n1. The maximum Gasteiger partial charge on any atom is 0.224 e. The van der Waals surface area contributed by atoms with Gasteiger partial charge in [-0.25, -0.2) is 4.98 Å². The van der Waals surface area contributed by atoms with Gasteiger partial charge < -0.3 is 10.2 Å². The molecular formula is C12H20N4. The van der Waals surface area contributed by atoms with Crippen LogP contribution in [0, 0.1) is 5.92 Å². The molecule has 0 amide bonds. The Kier molecular flexibility index (Phi) is 3.27. The molecule has 2 atom stereocenters. The molecule has 2 rings (SSSR count). The van der Waals surface area contributed by atoms with Crippen LogP contribution in [-0.2, 0) is 0 Å². The molecule has 88 valence electrons. The largest absolute Gasteiger partial charge is 0.357 e. The van der Waals surface area contributed by atoms with Crippen LogP contribution in [0.2, 0.25) is 0 Å². The number of hydrogen-bond donors (Lipinski definition) is 1. The molecule has 0 saturated carbocycles. The Bertz CT molecular complexity index is 353. The van der Waals surface area contributed by atoms with Gasteiger partial charge in [0.1, 0.15) is 5.82 Å². The molecule has 0 spiro atoms. The zero-order valence-electron chi connectivity index (χ0n) is 10.3. The monoisotopic (exact) mass is 220 g/mol. The normalized spacial score (nSPS) is 25.6. The summed E-state index contributed by atoms with van der Waals surface area (Å²) in [5.41, 5.74) is 0. The summed E-state index contributed by atoms with van der Waals surface area (Å²) in [6.45, 7) is 5.70.